The largest absolute Gasteiger partial charge is 0.337 e. The zero-order chi connectivity index (χ0) is 11.5. The summed E-state index contributed by atoms with van der Waals surface area (Å²) in [5.41, 5.74) is 0.984. The van der Waals surface area contributed by atoms with Gasteiger partial charge >= 0.3 is 0 Å². The van der Waals surface area contributed by atoms with Crippen molar-refractivity contribution in [2.24, 2.45) is 7.05 Å². The Balaban J connectivity index is 0.00000144. The van der Waals surface area contributed by atoms with E-state index in [4.69, 9.17) is 0 Å². The lowest BCUT2D eigenvalue weighted by Crippen LogP contribution is -2.52. The number of rotatable bonds is 2. The van der Waals surface area contributed by atoms with Crippen molar-refractivity contribution >= 4 is 30.7 Å². The number of aryl methyl sites for hydroxylation is 1. The van der Waals surface area contributed by atoms with Gasteiger partial charge in [-0.15, -0.1) is 24.8 Å². The van der Waals surface area contributed by atoms with Crippen LogP contribution in [0.1, 0.15) is 12.5 Å². The second-order valence-corrected chi connectivity index (χ2v) is 4.34. The molecule has 2 rings (SSSR count). The highest BCUT2D eigenvalue weighted by atomic mass is 35.5. The molecule has 1 saturated heterocycles. The molecular weight excluding hydrogens is 275 g/mol. The van der Waals surface area contributed by atoms with Gasteiger partial charge in [-0.2, -0.15) is 5.10 Å². The van der Waals surface area contributed by atoms with E-state index in [0.29, 0.717) is 6.42 Å². The number of carbonyl (C=O) groups excluding carboxylic acids is 1. The van der Waals surface area contributed by atoms with E-state index >= 15 is 0 Å². The molecule has 0 saturated carbocycles. The third kappa shape index (κ3) is 4.15. The van der Waals surface area contributed by atoms with Crippen molar-refractivity contribution in [3.05, 3.63) is 18.0 Å². The number of carbonyl (C=O) groups is 1. The van der Waals surface area contributed by atoms with E-state index in [1.807, 2.05) is 18.1 Å². The molecule has 1 aliphatic rings. The summed E-state index contributed by atoms with van der Waals surface area (Å²) in [6.45, 7) is 4.66. The van der Waals surface area contributed by atoms with Crippen molar-refractivity contribution in [3.63, 3.8) is 0 Å². The molecule has 1 N–H and O–H groups in total. The molecule has 2 heterocycles. The van der Waals surface area contributed by atoms with E-state index < -0.39 is 0 Å². The highest BCUT2D eigenvalue weighted by molar-refractivity contribution is 5.85. The molecule has 0 bridgehead atoms. The van der Waals surface area contributed by atoms with Gasteiger partial charge in [-0.05, 0) is 12.5 Å². The van der Waals surface area contributed by atoms with Gasteiger partial charge in [0.1, 0.15) is 0 Å². The van der Waals surface area contributed by atoms with E-state index in [0.717, 1.165) is 25.2 Å². The fourth-order valence-corrected chi connectivity index (χ4v) is 2.05. The summed E-state index contributed by atoms with van der Waals surface area (Å²) < 4.78 is 1.73. The molecule has 0 aromatic carbocycles. The minimum absolute atomic E-state index is 0. The molecule has 1 aromatic heterocycles. The fraction of sp³-hybridized carbons (Fsp3) is 0.636. The minimum Gasteiger partial charge on any atom is -0.337 e. The molecule has 18 heavy (non-hydrogen) atoms. The Kier molecular flexibility index (Phi) is 7.28. The number of aromatic nitrogens is 2. The predicted molar refractivity (Wildman–Crippen MR) is 75.5 cm³/mol. The maximum Gasteiger partial charge on any atom is 0.227 e. The zero-order valence-electron chi connectivity index (χ0n) is 10.6. The molecule has 1 aliphatic heterocycles. The molecular formula is C11H20Cl2N4O. The summed E-state index contributed by atoms with van der Waals surface area (Å²) in [5, 5.41) is 7.34. The van der Waals surface area contributed by atoms with Crippen molar-refractivity contribution in [3.8, 4) is 0 Å². The molecule has 5 nitrogen and oxygen atoms in total. The summed E-state index contributed by atoms with van der Waals surface area (Å²) in [7, 11) is 1.86. The molecule has 1 atom stereocenters. The van der Waals surface area contributed by atoms with Crippen LogP contribution in [0.5, 0.6) is 0 Å². The molecule has 0 aliphatic carbocycles. The lowest BCUT2D eigenvalue weighted by Gasteiger charge is -2.34. The number of amides is 1. The van der Waals surface area contributed by atoms with Gasteiger partial charge in [-0.3, -0.25) is 9.48 Å². The first kappa shape index (κ1) is 17.2. The van der Waals surface area contributed by atoms with Crippen molar-refractivity contribution in [2.75, 3.05) is 19.6 Å². The topological polar surface area (TPSA) is 50.2 Å². The van der Waals surface area contributed by atoms with Gasteiger partial charge in [0.05, 0.1) is 12.6 Å². The van der Waals surface area contributed by atoms with Crippen LogP contribution in [0.25, 0.3) is 0 Å². The third-order valence-corrected chi connectivity index (χ3v) is 2.94. The second kappa shape index (κ2) is 7.61. The molecule has 0 spiro atoms. The maximum absolute atomic E-state index is 12.0. The normalized spacial score (nSPS) is 18.8. The van der Waals surface area contributed by atoms with Crippen LogP contribution in [0.2, 0.25) is 0 Å². The number of piperazine rings is 1. The van der Waals surface area contributed by atoms with Gasteiger partial charge in [0.25, 0.3) is 0 Å². The number of hydrogen-bond donors (Lipinski definition) is 1. The van der Waals surface area contributed by atoms with E-state index in [1.165, 1.54) is 0 Å². The third-order valence-electron chi connectivity index (χ3n) is 2.94. The van der Waals surface area contributed by atoms with Gasteiger partial charge in [-0.25, -0.2) is 0 Å². The van der Waals surface area contributed by atoms with Crippen molar-refractivity contribution in [2.45, 2.75) is 19.4 Å². The lowest BCUT2D eigenvalue weighted by atomic mass is 10.1. The average molecular weight is 295 g/mol. The highest BCUT2D eigenvalue weighted by Crippen LogP contribution is 2.07. The van der Waals surface area contributed by atoms with Gasteiger partial charge in [0, 0.05) is 38.9 Å². The number of hydrogen-bond acceptors (Lipinski definition) is 3. The summed E-state index contributed by atoms with van der Waals surface area (Å²) >= 11 is 0. The summed E-state index contributed by atoms with van der Waals surface area (Å²) in [6.07, 6.45) is 4.10. The monoisotopic (exact) mass is 294 g/mol. The molecule has 1 aromatic rings. The molecule has 0 radical (unpaired) electrons. The first-order chi connectivity index (χ1) is 7.66. The number of nitrogens with one attached hydrogen (secondary N) is 1. The van der Waals surface area contributed by atoms with Gasteiger partial charge in [0.2, 0.25) is 5.91 Å². The van der Waals surface area contributed by atoms with Crippen LogP contribution >= 0.6 is 24.8 Å². The molecule has 7 heteroatoms. The summed E-state index contributed by atoms with van der Waals surface area (Å²) in [4.78, 5) is 14.0. The molecule has 1 fully saturated rings. The minimum atomic E-state index is 0. The Morgan fingerprint density at radius 3 is 2.83 bits per heavy atom. The van der Waals surface area contributed by atoms with Crippen LogP contribution in [0, 0.1) is 0 Å². The summed E-state index contributed by atoms with van der Waals surface area (Å²) in [6, 6.07) is 0.290. The number of nitrogens with zero attached hydrogens (tertiary/aromatic N) is 3. The standard InChI is InChI=1S/C11H18N4O.2ClH/c1-9-6-12-3-4-15(9)11(16)5-10-7-13-14(2)8-10;;/h7-9,12H,3-6H2,1-2H3;2*1H/t9-;;/m0../s1. The maximum atomic E-state index is 12.0. The van der Waals surface area contributed by atoms with Crippen molar-refractivity contribution in [1.29, 1.82) is 0 Å². The first-order valence-corrected chi connectivity index (χ1v) is 5.64. The fourth-order valence-electron chi connectivity index (χ4n) is 2.05. The van der Waals surface area contributed by atoms with Gasteiger partial charge in [-0.1, -0.05) is 0 Å². The first-order valence-electron chi connectivity index (χ1n) is 5.64. The van der Waals surface area contributed by atoms with E-state index in [-0.39, 0.29) is 36.8 Å². The van der Waals surface area contributed by atoms with Crippen LogP contribution in [0.3, 0.4) is 0 Å². The van der Waals surface area contributed by atoms with Crippen molar-refractivity contribution in [1.82, 2.24) is 20.0 Å². The molecule has 104 valence electrons. The summed E-state index contributed by atoms with van der Waals surface area (Å²) in [5.74, 6) is 0.196. The van der Waals surface area contributed by atoms with Gasteiger partial charge in [0.15, 0.2) is 0 Å². The number of halogens is 2. The predicted octanol–water partition coefficient (Wildman–Crippen LogP) is 0.626. The SMILES string of the molecule is C[C@H]1CNCCN1C(=O)Cc1cnn(C)c1.Cl.Cl. The Morgan fingerprint density at radius 1 is 1.56 bits per heavy atom. The molecule has 1 amide bonds. The Morgan fingerprint density at radius 2 is 2.28 bits per heavy atom. The van der Waals surface area contributed by atoms with E-state index in [9.17, 15) is 4.79 Å². The van der Waals surface area contributed by atoms with E-state index in [2.05, 4.69) is 17.3 Å². The second-order valence-electron chi connectivity index (χ2n) is 4.34. The smallest absolute Gasteiger partial charge is 0.227 e. The van der Waals surface area contributed by atoms with Crippen molar-refractivity contribution < 1.29 is 4.79 Å². The highest BCUT2D eigenvalue weighted by Gasteiger charge is 2.22. The van der Waals surface area contributed by atoms with Crippen LogP contribution in [-0.4, -0.2) is 46.3 Å². The zero-order valence-corrected chi connectivity index (χ0v) is 12.3. The van der Waals surface area contributed by atoms with Crippen LogP contribution in [0.15, 0.2) is 12.4 Å². The quantitative estimate of drug-likeness (QED) is 0.870. The van der Waals surface area contributed by atoms with Crippen LogP contribution < -0.4 is 5.32 Å². The van der Waals surface area contributed by atoms with Gasteiger partial charge < -0.3 is 10.2 Å². The Hall–Kier alpha value is -0.780. The Labute approximate surface area is 120 Å². The lowest BCUT2D eigenvalue weighted by molar-refractivity contribution is -0.133. The van der Waals surface area contributed by atoms with Crippen LogP contribution in [-0.2, 0) is 18.3 Å². The molecule has 0 unspecified atom stereocenters. The average Bonchev–Trinajstić information content (AvgIpc) is 2.64. The van der Waals surface area contributed by atoms with Crippen LogP contribution in [0.4, 0.5) is 0 Å². The Bertz CT molecular complexity index is 383. The van der Waals surface area contributed by atoms with E-state index in [1.54, 1.807) is 10.9 Å².